The predicted molar refractivity (Wildman–Crippen MR) is 203 cm³/mol. The third-order valence-corrected chi connectivity index (χ3v) is 13.6. The second-order valence-corrected chi connectivity index (χ2v) is 18.9. The van der Waals surface area contributed by atoms with Crippen molar-refractivity contribution < 1.29 is 38.5 Å². The van der Waals surface area contributed by atoms with E-state index in [1.54, 1.807) is 14.5 Å². The average Bonchev–Trinajstić information content (AvgIpc) is 3.82. The number of ether oxygens (including phenoxy) is 3. The molecular weight excluding hydrogens is 707 g/mol. The van der Waals surface area contributed by atoms with Crippen LogP contribution in [0.2, 0.25) is 18.6 Å². The summed E-state index contributed by atoms with van der Waals surface area (Å²) >= 11 is 0. The summed E-state index contributed by atoms with van der Waals surface area (Å²) in [6.45, 7) is 6.27. The zero-order valence-electron chi connectivity index (χ0n) is 31.1. The van der Waals surface area contributed by atoms with Crippen molar-refractivity contribution in [1.29, 1.82) is 0 Å². The summed E-state index contributed by atoms with van der Waals surface area (Å²) in [6, 6.07) is 22.6. The van der Waals surface area contributed by atoms with Crippen molar-refractivity contribution >= 4 is 43.2 Å². The standard InChI is InChI=1S/C40H47N5O8Si/c1-26-38(54(3,4)50)35(19-21-43-23-31(41-42-43)29(24-46)27-12-6-5-7-13-27)53-40(26)30-22-28(45-33-14-8-9-15-34(33)52-25-36(45)47)17-18-32(30)44(39(40)49)20-11-10-16-37(48)51-2/h5-9,12-15,17-18,22-23,26,29,35,38,46,50H,10-11,16,19-21,24-25H2,1-4H3/t26-,29?,35+,38-,40+/m0/s1. The quantitative estimate of drug-likeness (QED) is 0.108. The Balaban J connectivity index is 1.23. The Morgan fingerprint density at radius 1 is 1.04 bits per heavy atom. The molecule has 284 valence electrons. The maximum Gasteiger partial charge on any atom is 0.305 e. The van der Waals surface area contributed by atoms with Crippen LogP contribution in [-0.2, 0) is 36.0 Å². The van der Waals surface area contributed by atoms with Gasteiger partial charge in [0.15, 0.2) is 20.5 Å². The summed E-state index contributed by atoms with van der Waals surface area (Å²) in [5.41, 5.74) is 2.32. The smallest absolute Gasteiger partial charge is 0.305 e. The van der Waals surface area contributed by atoms with Crippen LogP contribution < -0.4 is 14.5 Å². The summed E-state index contributed by atoms with van der Waals surface area (Å²) < 4.78 is 19.3. The van der Waals surface area contributed by atoms with Crippen LogP contribution in [0, 0.1) is 5.92 Å². The minimum absolute atomic E-state index is 0.120. The third kappa shape index (κ3) is 6.72. The van der Waals surface area contributed by atoms with E-state index in [1.165, 1.54) is 7.11 Å². The Labute approximate surface area is 315 Å². The SMILES string of the molecule is COC(=O)CCCCN1C(=O)[C@]2(O[C@H](CCn3cc(C(CO)c4ccccc4)nn3)[C@@H]([Si](C)(C)O)[C@@H]2C)c2cc(N3C(=O)COc4ccccc43)ccc21. The molecule has 1 fully saturated rings. The highest BCUT2D eigenvalue weighted by Crippen LogP contribution is 2.60. The monoisotopic (exact) mass is 753 g/mol. The van der Waals surface area contributed by atoms with Gasteiger partial charge in [-0.25, -0.2) is 0 Å². The van der Waals surface area contributed by atoms with Gasteiger partial charge in [0.25, 0.3) is 11.8 Å². The van der Waals surface area contributed by atoms with Gasteiger partial charge in [-0.05, 0) is 68.3 Å². The van der Waals surface area contributed by atoms with Gasteiger partial charge in [-0.1, -0.05) is 54.6 Å². The van der Waals surface area contributed by atoms with E-state index in [1.807, 2.05) is 99.0 Å². The number of amides is 2. The fourth-order valence-electron chi connectivity index (χ4n) is 8.62. The number of aliphatic hydroxyl groups excluding tert-OH is 1. The molecular formula is C40H47N5O8Si. The lowest BCUT2D eigenvalue weighted by atomic mass is 9.82. The van der Waals surface area contributed by atoms with Crippen LogP contribution in [0.3, 0.4) is 0 Å². The van der Waals surface area contributed by atoms with Crippen molar-refractivity contribution in [2.24, 2.45) is 5.92 Å². The van der Waals surface area contributed by atoms with Crippen LogP contribution >= 0.6 is 0 Å². The fraction of sp³-hybridized carbons (Fsp3) is 0.425. The van der Waals surface area contributed by atoms with Crippen molar-refractivity contribution in [3.8, 4) is 5.75 Å². The topological polar surface area (TPSA) is 157 Å². The Bertz CT molecular complexity index is 2020. The molecule has 4 aromatic rings. The number of hydrogen-bond donors (Lipinski definition) is 2. The predicted octanol–water partition coefficient (Wildman–Crippen LogP) is 5.04. The number of para-hydroxylation sites is 2. The van der Waals surface area contributed by atoms with Crippen molar-refractivity contribution in [2.45, 2.75) is 75.4 Å². The molecule has 0 aliphatic carbocycles. The van der Waals surface area contributed by atoms with Crippen LogP contribution in [0.15, 0.2) is 79.0 Å². The van der Waals surface area contributed by atoms with Crippen LogP contribution in [-0.4, -0.2) is 84.0 Å². The number of aliphatic hydroxyl groups is 1. The van der Waals surface area contributed by atoms with Gasteiger partial charge >= 0.3 is 5.97 Å². The van der Waals surface area contributed by atoms with Crippen molar-refractivity contribution in [3.63, 3.8) is 0 Å². The van der Waals surface area contributed by atoms with E-state index in [2.05, 4.69) is 10.3 Å². The number of aromatic nitrogens is 3. The summed E-state index contributed by atoms with van der Waals surface area (Å²) in [4.78, 5) is 55.4. The Morgan fingerprint density at radius 3 is 2.54 bits per heavy atom. The third-order valence-electron chi connectivity index (χ3n) is 11.1. The highest BCUT2D eigenvalue weighted by Gasteiger charge is 2.66. The molecule has 3 aliphatic heterocycles. The summed E-state index contributed by atoms with van der Waals surface area (Å²) in [5.74, 6) is -0.940. The van der Waals surface area contributed by atoms with E-state index in [9.17, 15) is 24.3 Å². The molecule has 3 aromatic carbocycles. The molecule has 14 heteroatoms. The molecule has 0 saturated carbocycles. The second kappa shape index (κ2) is 15.1. The first kappa shape index (κ1) is 37.4. The van der Waals surface area contributed by atoms with Gasteiger partial charge in [-0.15, -0.1) is 5.10 Å². The van der Waals surface area contributed by atoms with E-state index in [0.717, 1.165) is 5.56 Å². The molecule has 0 radical (unpaired) electrons. The minimum atomic E-state index is -2.98. The lowest BCUT2D eigenvalue weighted by molar-refractivity contribution is -0.146. The number of anilines is 3. The van der Waals surface area contributed by atoms with Gasteiger partial charge in [0.2, 0.25) is 0 Å². The Kier molecular flexibility index (Phi) is 10.5. The number of carbonyl (C=O) groups excluding carboxylic acids is 3. The molecule has 13 nitrogen and oxygen atoms in total. The summed E-state index contributed by atoms with van der Waals surface area (Å²) in [5, 5.41) is 19.0. The molecule has 5 atom stereocenters. The van der Waals surface area contributed by atoms with Gasteiger partial charge in [0.05, 0.1) is 42.8 Å². The van der Waals surface area contributed by atoms with Crippen LogP contribution in [0.1, 0.15) is 55.3 Å². The zero-order valence-corrected chi connectivity index (χ0v) is 32.1. The number of benzene rings is 3. The zero-order chi connectivity index (χ0) is 38.2. The molecule has 2 N–H and O–H groups in total. The molecule has 7 rings (SSSR count). The van der Waals surface area contributed by atoms with Crippen LogP contribution in [0.25, 0.3) is 0 Å². The lowest BCUT2D eigenvalue weighted by Crippen LogP contribution is -2.46. The number of fused-ring (bicyclic) bond motifs is 3. The molecule has 54 heavy (non-hydrogen) atoms. The van der Waals surface area contributed by atoms with Gasteiger partial charge in [-0.3, -0.25) is 24.0 Å². The number of aryl methyl sites for hydroxylation is 1. The number of carbonyl (C=O) groups is 3. The Morgan fingerprint density at radius 2 is 1.80 bits per heavy atom. The van der Waals surface area contributed by atoms with E-state index < -0.39 is 25.9 Å². The molecule has 1 unspecified atom stereocenters. The second-order valence-electron chi connectivity index (χ2n) is 14.9. The molecule has 3 aliphatic rings. The van der Waals surface area contributed by atoms with E-state index in [-0.39, 0.29) is 48.9 Å². The number of hydrogen-bond acceptors (Lipinski definition) is 10. The Hall–Kier alpha value is -4.89. The van der Waals surface area contributed by atoms with Gasteiger partial charge in [0, 0.05) is 48.4 Å². The van der Waals surface area contributed by atoms with E-state index >= 15 is 0 Å². The first-order valence-corrected chi connectivity index (χ1v) is 21.5. The fourth-order valence-corrected chi connectivity index (χ4v) is 11.2. The molecule has 0 bridgehead atoms. The highest BCUT2D eigenvalue weighted by atomic mass is 28.4. The van der Waals surface area contributed by atoms with Gasteiger partial charge in [-0.2, -0.15) is 0 Å². The summed E-state index contributed by atoms with van der Waals surface area (Å²) in [6.07, 6.45) is 3.10. The van der Waals surface area contributed by atoms with Crippen molar-refractivity contribution in [2.75, 3.05) is 36.7 Å². The normalized spacial score (nSPS) is 22.7. The number of esters is 1. The maximum absolute atomic E-state index is 15.0. The molecule has 2 amide bonds. The number of nitrogens with zero attached hydrogens (tertiary/aromatic N) is 5. The molecule has 1 spiro atoms. The van der Waals surface area contributed by atoms with Crippen LogP contribution in [0.5, 0.6) is 5.75 Å². The average molecular weight is 754 g/mol. The number of unbranched alkanes of at least 4 members (excludes halogenated alkanes) is 1. The van der Waals surface area contributed by atoms with Crippen LogP contribution in [0.4, 0.5) is 17.1 Å². The van der Waals surface area contributed by atoms with E-state index in [4.69, 9.17) is 14.2 Å². The van der Waals surface area contributed by atoms with Gasteiger partial charge in [0.1, 0.15) is 5.75 Å². The highest BCUT2D eigenvalue weighted by molar-refractivity contribution is 6.71. The van der Waals surface area contributed by atoms with Crippen molar-refractivity contribution in [1.82, 2.24) is 15.0 Å². The first-order valence-electron chi connectivity index (χ1n) is 18.5. The maximum atomic E-state index is 15.0. The van der Waals surface area contributed by atoms with Crippen molar-refractivity contribution in [3.05, 3.63) is 95.8 Å². The first-order chi connectivity index (χ1) is 26.0. The largest absolute Gasteiger partial charge is 0.482 e. The number of methoxy groups -OCH3 is 1. The minimum Gasteiger partial charge on any atom is -0.482 e. The number of rotatable bonds is 13. The molecule has 1 saturated heterocycles. The molecule has 1 aromatic heterocycles. The van der Waals surface area contributed by atoms with E-state index in [0.29, 0.717) is 66.4 Å². The van der Waals surface area contributed by atoms with Gasteiger partial charge < -0.3 is 29.0 Å². The molecule has 4 heterocycles. The summed E-state index contributed by atoms with van der Waals surface area (Å²) in [7, 11) is -1.62. The lowest BCUT2D eigenvalue weighted by Gasteiger charge is -2.33.